The molecule has 0 aliphatic heterocycles. The molecule has 94 valence electrons. The minimum Gasteiger partial charge on any atom is -0.396 e. The lowest BCUT2D eigenvalue weighted by Gasteiger charge is -2.24. The Balaban J connectivity index is 0. The first kappa shape index (κ1) is 18.4. The van der Waals surface area contributed by atoms with E-state index in [0.717, 1.165) is 0 Å². The molecule has 0 saturated carbocycles. The van der Waals surface area contributed by atoms with Crippen LogP contribution >= 0.6 is 46.4 Å². The van der Waals surface area contributed by atoms with Crippen molar-refractivity contribution in [3.63, 3.8) is 0 Å². The number of hydrogen-bond donors (Lipinski definition) is 3. The standard InChI is InChI=1S/C6H14O3.C2H2Cl4/c1-2-6(3-7,4-8)5-9;3-1-2(4,5)6/h7-9H,2-5H2,1H3;1H2. The van der Waals surface area contributed by atoms with Gasteiger partial charge in [0.1, 0.15) is 0 Å². The maximum Gasteiger partial charge on any atom is 0.203 e. The van der Waals surface area contributed by atoms with Crippen molar-refractivity contribution < 1.29 is 15.3 Å². The van der Waals surface area contributed by atoms with Crippen molar-refractivity contribution in [3.05, 3.63) is 0 Å². The normalized spacial score (nSPS) is 12.0. The highest BCUT2D eigenvalue weighted by Gasteiger charge is 2.24. The number of alkyl halides is 4. The molecule has 0 aliphatic carbocycles. The molecule has 0 heterocycles. The summed E-state index contributed by atoms with van der Waals surface area (Å²) in [6, 6.07) is 0. The Labute approximate surface area is 110 Å². The molecular formula is C8H16Cl4O3. The van der Waals surface area contributed by atoms with Crippen molar-refractivity contribution in [2.24, 2.45) is 5.41 Å². The highest BCUT2D eigenvalue weighted by atomic mass is 35.6. The largest absolute Gasteiger partial charge is 0.396 e. The van der Waals surface area contributed by atoms with Gasteiger partial charge < -0.3 is 15.3 Å². The first-order valence-corrected chi connectivity index (χ1v) is 5.93. The Morgan fingerprint density at radius 2 is 1.20 bits per heavy atom. The quantitative estimate of drug-likeness (QED) is 0.696. The molecule has 0 unspecified atom stereocenters. The third-order valence-corrected chi connectivity index (χ3v) is 3.12. The Kier molecular flexibility index (Phi) is 11.2. The second-order valence-corrected chi connectivity index (χ2v) is 5.86. The van der Waals surface area contributed by atoms with Crippen molar-refractivity contribution in [2.75, 3.05) is 25.7 Å². The molecule has 15 heavy (non-hydrogen) atoms. The Hall–Kier alpha value is 1.04. The number of aliphatic hydroxyl groups excluding tert-OH is 3. The summed E-state index contributed by atoms with van der Waals surface area (Å²) in [5.74, 6) is 0.0394. The first-order valence-electron chi connectivity index (χ1n) is 4.26. The van der Waals surface area contributed by atoms with Crippen molar-refractivity contribution in [1.82, 2.24) is 0 Å². The van der Waals surface area contributed by atoms with E-state index < -0.39 is 9.21 Å². The van der Waals surface area contributed by atoms with Crippen LogP contribution < -0.4 is 0 Å². The van der Waals surface area contributed by atoms with Gasteiger partial charge in [-0.3, -0.25) is 0 Å². The van der Waals surface area contributed by atoms with Gasteiger partial charge in [-0.05, 0) is 6.42 Å². The highest BCUT2D eigenvalue weighted by molar-refractivity contribution is 6.69. The highest BCUT2D eigenvalue weighted by Crippen LogP contribution is 2.26. The van der Waals surface area contributed by atoms with Crippen LogP contribution in [0.4, 0.5) is 0 Å². The van der Waals surface area contributed by atoms with E-state index in [1.807, 2.05) is 6.92 Å². The molecule has 3 N–H and O–H groups in total. The molecule has 0 aliphatic rings. The van der Waals surface area contributed by atoms with Crippen LogP contribution in [0.5, 0.6) is 0 Å². The summed E-state index contributed by atoms with van der Waals surface area (Å²) < 4.78 is -1.28. The van der Waals surface area contributed by atoms with Gasteiger partial charge in [0.15, 0.2) is 0 Å². The van der Waals surface area contributed by atoms with Gasteiger partial charge in [0.2, 0.25) is 3.79 Å². The maximum atomic E-state index is 8.66. The molecule has 0 atom stereocenters. The topological polar surface area (TPSA) is 60.7 Å². The molecule has 0 saturated heterocycles. The monoisotopic (exact) mass is 300 g/mol. The lowest BCUT2D eigenvalue weighted by Crippen LogP contribution is -2.32. The van der Waals surface area contributed by atoms with Crippen LogP contribution in [-0.2, 0) is 0 Å². The summed E-state index contributed by atoms with van der Waals surface area (Å²) >= 11 is 20.4. The van der Waals surface area contributed by atoms with Gasteiger partial charge in [-0.15, -0.1) is 11.6 Å². The van der Waals surface area contributed by atoms with Gasteiger partial charge in [-0.25, -0.2) is 0 Å². The predicted octanol–water partition coefficient (Wildman–Crippen LogP) is 1.96. The lowest BCUT2D eigenvalue weighted by molar-refractivity contribution is 0.00304. The first-order chi connectivity index (χ1) is 6.80. The van der Waals surface area contributed by atoms with Crippen LogP contribution in [-0.4, -0.2) is 44.8 Å². The van der Waals surface area contributed by atoms with Crippen molar-refractivity contribution in [3.8, 4) is 0 Å². The molecule has 3 nitrogen and oxygen atoms in total. The zero-order valence-electron chi connectivity index (χ0n) is 8.39. The molecule has 0 aromatic heterocycles. The molecular weight excluding hydrogens is 286 g/mol. The molecule has 0 spiro atoms. The molecule has 7 heteroatoms. The third kappa shape index (κ3) is 9.94. The van der Waals surface area contributed by atoms with Crippen molar-refractivity contribution >= 4 is 46.4 Å². The fraction of sp³-hybridized carbons (Fsp3) is 1.00. The SMILES string of the molecule is CCC(CO)(CO)CO.ClCC(Cl)(Cl)Cl. The van der Waals surface area contributed by atoms with Gasteiger partial charge >= 0.3 is 0 Å². The Morgan fingerprint density at radius 1 is 0.933 bits per heavy atom. The number of aliphatic hydroxyl groups is 3. The second-order valence-electron chi connectivity index (χ2n) is 3.08. The number of halogens is 4. The lowest BCUT2D eigenvalue weighted by atomic mass is 9.88. The van der Waals surface area contributed by atoms with Crippen LogP contribution in [0, 0.1) is 5.41 Å². The minimum atomic E-state index is -1.28. The van der Waals surface area contributed by atoms with E-state index in [1.54, 1.807) is 0 Å². The smallest absolute Gasteiger partial charge is 0.203 e. The molecule has 0 rings (SSSR count). The summed E-state index contributed by atoms with van der Waals surface area (Å²) in [4.78, 5) is 0. The molecule has 0 aromatic rings. The molecule has 0 amide bonds. The van der Waals surface area contributed by atoms with E-state index in [4.69, 9.17) is 61.7 Å². The summed E-state index contributed by atoms with van der Waals surface area (Å²) in [6.07, 6.45) is 0.594. The van der Waals surface area contributed by atoms with E-state index in [9.17, 15) is 0 Å². The summed E-state index contributed by atoms with van der Waals surface area (Å²) in [5.41, 5.74) is -0.667. The number of rotatable bonds is 4. The summed E-state index contributed by atoms with van der Waals surface area (Å²) in [7, 11) is 0. The average molecular weight is 302 g/mol. The zero-order valence-corrected chi connectivity index (χ0v) is 11.4. The van der Waals surface area contributed by atoms with E-state index in [-0.39, 0.29) is 25.7 Å². The Bertz CT molecular complexity index is 128. The fourth-order valence-corrected chi connectivity index (χ4v) is 0.485. The van der Waals surface area contributed by atoms with Crippen LogP contribution in [0.3, 0.4) is 0 Å². The molecule has 0 fully saturated rings. The van der Waals surface area contributed by atoms with Crippen LogP contribution in [0.2, 0.25) is 0 Å². The van der Waals surface area contributed by atoms with Crippen LogP contribution in [0.1, 0.15) is 13.3 Å². The molecule has 0 radical (unpaired) electrons. The van der Waals surface area contributed by atoms with E-state index >= 15 is 0 Å². The van der Waals surface area contributed by atoms with Crippen LogP contribution in [0.25, 0.3) is 0 Å². The average Bonchev–Trinajstić information content (AvgIpc) is 2.22. The summed E-state index contributed by atoms with van der Waals surface area (Å²) in [5, 5.41) is 26.0. The van der Waals surface area contributed by atoms with Gasteiger partial charge in [0.25, 0.3) is 0 Å². The summed E-state index contributed by atoms with van der Waals surface area (Å²) in [6.45, 7) is 1.35. The van der Waals surface area contributed by atoms with Crippen LogP contribution in [0.15, 0.2) is 0 Å². The molecule has 0 bridgehead atoms. The second kappa shape index (κ2) is 9.11. The number of hydrogen-bond acceptors (Lipinski definition) is 3. The van der Waals surface area contributed by atoms with E-state index in [2.05, 4.69) is 0 Å². The van der Waals surface area contributed by atoms with Gasteiger partial charge in [0.05, 0.1) is 25.7 Å². The third-order valence-electron chi connectivity index (χ3n) is 1.91. The fourth-order valence-electron chi connectivity index (χ4n) is 0.485. The van der Waals surface area contributed by atoms with E-state index in [0.29, 0.717) is 6.42 Å². The van der Waals surface area contributed by atoms with E-state index in [1.165, 1.54) is 0 Å². The predicted molar refractivity (Wildman–Crippen MR) is 65.0 cm³/mol. The maximum absolute atomic E-state index is 8.66. The van der Waals surface area contributed by atoms with Gasteiger partial charge in [0, 0.05) is 5.41 Å². The zero-order chi connectivity index (χ0) is 12.5. The van der Waals surface area contributed by atoms with Gasteiger partial charge in [-0.1, -0.05) is 41.7 Å². The van der Waals surface area contributed by atoms with Crippen molar-refractivity contribution in [1.29, 1.82) is 0 Å². The molecule has 0 aromatic carbocycles. The Morgan fingerprint density at radius 3 is 1.20 bits per heavy atom. The minimum absolute atomic E-state index is 0.0394. The van der Waals surface area contributed by atoms with Gasteiger partial charge in [-0.2, -0.15) is 0 Å². The van der Waals surface area contributed by atoms with Crippen molar-refractivity contribution in [2.45, 2.75) is 17.1 Å².